The summed E-state index contributed by atoms with van der Waals surface area (Å²) >= 11 is -2.79. The molecule has 1 unspecified atom stereocenters. The number of hydrogen-bond acceptors (Lipinski definition) is 5. The van der Waals surface area contributed by atoms with Crippen molar-refractivity contribution in [2.75, 3.05) is 10.5 Å². The van der Waals surface area contributed by atoms with Gasteiger partial charge in [-0.25, -0.2) is 0 Å². The van der Waals surface area contributed by atoms with E-state index in [-0.39, 0.29) is 28.3 Å². The van der Waals surface area contributed by atoms with Crippen molar-refractivity contribution in [3.8, 4) is 11.3 Å². The third kappa shape index (κ3) is 3.52. The maximum atomic E-state index is 12.8. The Morgan fingerprint density at radius 1 is 1.27 bits per heavy atom. The summed E-state index contributed by atoms with van der Waals surface area (Å²) in [6.07, 6.45) is -4.60. The van der Waals surface area contributed by atoms with Crippen LogP contribution in [0.2, 0.25) is 0 Å². The van der Waals surface area contributed by atoms with Crippen molar-refractivity contribution in [2.24, 2.45) is 0 Å². The topological polar surface area (TPSA) is 104 Å². The molecule has 0 bridgehead atoms. The number of nitrogens with zero attached hydrogens (tertiary/aromatic N) is 2. The van der Waals surface area contributed by atoms with Crippen LogP contribution >= 0.6 is 0 Å². The minimum absolute atomic E-state index is 0.134. The molecule has 0 saturated heterocycles. The van der Waals surface area contributed by atoms with Crippen LogP contribution in [0.15, 0.2) is 24.3 Å². The van der Waals surface area contributed by atoms with Crippen LogP contribution in [0.25, 0.3) is 11.3 Å². The molecule has 2 rings (SSSR count). The number of alkyl halides is 3. The van der Waals surface area contributed by atoms with Gasteiger partial charge in [-0.2, -0.15) is 13.2 Å². The van der Waals surface area contributed by atoms with E-state index in [1.807, 2.05) is 4.72 Å². The third-order valence-electron chi connectivity index (χ3n) is 2.80. The number of aromatic nitrogens is 2. The minimum atomic E-state index is -4.60. The van der Waals surface area contributed by atoms with Crippen LogP contribution in [0.3, 0.4) is 0 Å². The Morgan fingerprint density at radius 3 is 2.45 bits per heavy atom. The number of halogens is 3. The van der Waals surface area contributed by atoms with Gasteiger partial charge in [0.1, 0.15) is 5.82 Å². The lowest BCUT2D eigenvalue weighted by Crippen LogP contribution is -2.10. The van der Waals surface area contributed by atoms with Crippen molar-refractivity contribution < 1.29 is 21.9 Å². The van der Waals surface area contributed by atoms with Crippen LogP contribution in [0.1, 0.15) is 11.1 Å². The summed E-state index contributed by atoms with van der Waals surface area (Å²) in [5, 5.41) is 7.38. The van der Waals surface area contributed by atoms with Crippen molar-refractivity contribution in [3.05, 3.63) is 35.4 Å². The largest absolute Gasteiger partial charge is 0.755 e. The predicted molar refractivity (Wildman–Crippen MR) is 74.2 cm³/mol. The van der Waals surface area contributed by atoms with Gasteiger partial charge in [-0.05, 0) is 36.8 Å². The average molecular weight is 331 g/mol. The zero-order valence-electron chi connectivity index (χ0n) is 11.1. The first kappa shape index (κ1) is 16.2. The fourth-order valence-electron chi connectivity index (χ4n) is 1.94. The molecule has 2 aromatic rings. The Bertz CT molecular complexity index is 720. The molecule has 0 aliphatic rings. The van der Waals surface area contributed by atoms with Crippen LogP contribution in [-0.4, -0.2) is 19.0 Å². The highest BCUT2D eigenvalue weighted by Gasteiger charge is 2.32. The Kier molecular flexibility index (Phi) is 4.33. The molecular weight excluding hydrogens is 321 g/mol. The highest BCUT2D eigenvalue weighted by Crippen LogP contribution is 2.37. The molecule has 0 aliphatic heterocycles. The molecule has 0 aliphatic carbocycles. The van der Waals surface area contributed by atoms with Crippen molar-refractivity contribution in [3.63, 3.8) is 0 Å². The lowest BCUT2D eigenvalue weighted by atomic mass is 9.99. The summed E-state index contributed by atoms with van der Waals surface area (Å²) < 4.78 is 62.2. The highest BCUT2D eigenvalue weighted by molar-refractivity contribution is 7.80. The first-order chi connectivity index (χ1) is 10.2. The second-order valence-corrected chi connectivity index (χ2v) is 5.07. The number of anilines is 2. The molecule has 6 nitrogen and oxygen atoms in total. The minimum Gasteiger partial charge on any atom is -0.755 e. The average Bonchev–Trinajstić information content (AvgIpc) is 2.38. The van der Waals surface area contributed by atoms with E-state index in [0.29, 0.717) is 6.07 Å². The summed E-state index contributed by atoms with van der Waals surface area (Å²) in [5.74, 6) is 0.134. The maximum absolute atomic E-state index is 12.8. The molecule has 0 fully saturated rings. The number of nitrogens with one attached hydrogen (secondary N) is 1. The van der Waals surface area contributed by atoms with E-state index < -0.39 is 23.0 Å². The van der Waals surface area contributed by atoms with E-state index in [0.717, 1.165) is 6.07 Å². The van der Waals surface area contributed by atoms with E-state index in [1.54, 1.807) is 0 Å². The highest BCUT2D eigenvalue weighted by atomic mass is 32.2. The van der Waals surface area contributed by atoms with Crippen molar-refractivity contribution in [1.82, 2.24) is 10.2 Å². The van der Waals surface area contributed by atoms with Gasteiger partial charge in [-0.15, -0.1) is 10.2 Å². The molecular formula is C12H10F3N4O2S-. The first-order valence-corrected chi connectivity index (χ1v) is 6.93. The van der Waals surface area contributed by atoms with Crippen molar-refractivity contribution >= 4 is 22.8 Å². The van der Waals surface area contributed by atoms with Gasteiger partial charge in [-0.3, -0.25) is 4.21 Å². The molecule has 0 saturated carbocycles. The van der Waals surface area contributed by atoms with Crippen molar-refractivity contribution in [2.45, 2.75) is 13.1 Å². The molecule has 0 spiro atoms. The zero-order chi connectivity index (χ0) is 16.5. The van der Waals surface area contributed by atoms with Gasteiger partial charge < -0.3 is 15.0 Å². The van der Waals surface area contributed by atoms with Gasteiger partial charge in [0, 0.05) is 16.8 Å². The SMILES string of the molecule is Cc1cc(C(F)(F)F)cc(NS(=O)[O-])c1-c1ccc(N)nn1. The molecule has 1 aromatic carbocycles. The molecule has 0 radical (unpaired) electrons. The molecule has 22 heavy (non-hydrogen) atoms. The van der Waals surface area contributed by atoms with E-state index in [4.69, 9.17) is 5.73 Å². The Labute approximate surface area is 126 Å². The smallest absolute Gasteiger partial charge is 0.416 e. The van der Waals surface area contributed by atoms with Crippen LogP contribution in [0, 0.1) is 6.92 Å². The molecule has 1 aromatic heterocycles. The predicted octanol–water partition coefficient (Wildman–Crippen LogP) is 2.26. The second kappa shape index (κ2) is 5.89. The third-order valence-corrected chi connectivity index (χ3v) is 3.18. The summed E-state index contributed by atoms with van der Waals surface area (Å²) in [5.41, 5.74) is 4.80. The summed E-state index contributed by atoms with van der Waals surface area (Å²) in [7, 11) is 0. The van der Waals surface area contributed by atoms with Gasteiger partial charge in [-0.1, -0.05) is 0 Å². The van der Waals surface area contributed by atoms with Gasteiger partial charge in [0.15, 0.2) is 0 Å². The molecule has 0 amide bonds. The first-order valence-electron chi connectivity index (χ1n) is 5.86. The number of nitrogens with two attached hydrogens (primary N) is 1. The van der Waals surface area contributed by atoms with Crippen LogP contribution in [0.4, 0.5) is 24.7 Å². The fourth-order valence-corrected chi connectivity index (χ4v) is 2.28. The Morgan fingerprint density at radius 2 is 1.95 bits per heavy atom. The second-order valence-electron chi connectivity index (χ2n) is 4.39. The number of rotatable bonds is 3. The lowest BCUT2D eigenvalue weighted by Gasteiger charge is -2.18. The molecule has 3 N–H and O–H groups in total. The van der Waals surface area contributed by atoms with E-state index in [9.17, 15) is 21.9 Å². The zero-order valence-corrected chi connectivity index (χ0v) is 12.0. The van der Waals surface area contributed by atoms with Gasteiger partial charge in [0.25, 0.3) is 0 Å². The molecule has 118 valence electrons. The summed E-state index contributed by atoms with van der Waals surface area (Å²) in [4.78, 5) is 0. The summed E-state index contributed by atoms with van der Waals surface area (Å²) in [6.45, 7) is 1.42. The maximum Gasteiger partial charge on any atom is 0.416 e. The van der Waals surface area contributed by atoms with E-state index in [1.165, 1.54) is 19.1 Å². The number of benzene rings is 1. The molecule has 1 atom stereocenters. The van der Waals surface area contributed by atoms with E-state index in [2.05, 4.69) is 10.2 Å². The number of aryl methyl sites for hydroxylation is 1. The van der Waals surface area contributed by atoms with Crippen molar-refractivity contribution in [1.29, 1.82) is 0 Å². The van der Waals surface area contributed by atoms with Crippen LogP contribution in [-0.2, 0) is 17.4 Å². The van der Waals surface area contributed by atoms with Crippen LogP contribution < -0.4 is 10.5 Å². The number of nitrogen functional groups attached to an aromatic ring is 1. The summed E-state index contributed by atoms with van der Waals surface area (Å²) in [6, 6.07) is 4.47. The van der Waals surface area contributed by atoms with Gasteiger partial charge in [0.2, 0.25) is 0 Å². The Hall–Kier alpha value is -2.20. The normalized spacial score (nSPS) is 13.0. The van der Waals surface area contributed by atoms with Crippen LogP contribution in [0.5, 0.6) is 0 Å². The monoisotopic (exact) mass is 331 g/mol. The lowest BCUT2D eigenvalue weighted by molar-refractivity contribution is -0.137. The standard InChI is InChI=1S/C12H11F3N4O2S/c1-6-4-7(12(13,14)15)5-9(19-22(20)21)11(6)8-2-3-10(16)18-17-8/h2-5,19H,1H3,(H2,16,18)(H,20,21)/p-1. The molecule has 10 heteroatoms. The van der Waals surface area contributed by atoms with E-state index >= 15 is 0 Å². The Balaban J connectivity index is 2.66. The molecule has 1 heterocycles. The number of hydrogen-bond donors (Lipinski definition) is 2. The fraction of sp³-hybridized carbons (Fsp3) is 0.167. The van der Waals surface area contributed by atoms with Gasteiger partial charge in [0.05, 0.1) is 16.9 Å². The van der Waals surface area contributed by atoms with Gasteiger partial charge >= 0.3 is 6.18 Å². The quantitative estimate of drug-likeness (QED) is 0.840.